The maximum absolute atomic E-state index is 9.01. The van der Waals surface area contributed by atoms with Gasteiger partial charge in [0.05, 0.1) is 17.7 Å². The van der Waals surface area contributed by atoms with Crippen LogP contribution in [0.5, 0.6) is 0 Å². The minimum Gasteiger partial charge on any atom is -0.459 e. The fourth-order valence-corrected chi connectivity index (χ4v) is 2.16. The number of furan rings is 1. The molecule has 21 heavy (non-hydrogen) atoms. The summed E-state index contributed by atoms with van der Waals surface area (Å²) in [5.74, 6) is 0.819. The number of nitrogens with zero attached hydrogens (tertiary/aromatic N) is 2. The molecule has 0 aliphatic rings. The Balaban J connectivity index is 1.79. The predicted octanol–water partition coefficient (Wildman–Crippen LogP) is 3.79. The van der Waals surface area contributed by atoms with E-state index in [0.717, 1.165) is 22.4 Å². The lowest BCUT2D eigenvalue weighted by Gasteiger charge is -2.05. The molecule has 0 aliphatic carbocycles. The predicted molar refractivity (Wildman–Crippen MR) is 79.4 cm³/mol. The fraction of sp³-hybridized carbons (Fsp3) is 0.0588. The molecule has 0 saturated heterocycles. The number of hydrogen-bond acceptors (Lipinski definition) is 4. The number of benzene rings is 2. The molecule has 3 rings (SSSR count). The lowest BCUT2D eigenvalue weighted by molar-refractivity contribution is 0.559. The molecule has 3 aromatic rings. The van der Waals surface area contributed by atoms with Crippen LogP contribution in [0.1, 0.15) is 16.9 Å². The Labute approximate surface area is 121 Å². The quantitative estimate of drug-likeness (QED) is 0.788. The number of anilines is 1. The molecular formula is C17H11N3O. The van der Waals surface area contributed by atoms with Gasteiger partial charge in [-0.25, -0.2) is 0 Å². The zero-order valence-electron chi connectivity index (χ0n) is 11.1. The molecule has 1 heterocycles. The van der Waals surface area contributed by atoms with Crippen LogP contribution in [0.2, 0.25) is 0 Å². The van der Waals surface area contributed by atoms with Crippen LogP contribution in [-0.2, 0) is 6.54 Å². The summed E-state index contributed by atoms with van der Waals surface area (Å²) in [6.07, 6.45) is 0. The van der Waals surface area contributed by atoms with Crippen LogP contribution < -0.4 is 5.32 Å². The highest BCUT2D eigenvalue weighted by Gasteiger charge is 2.05. The van der Waals surface area contributed by atoms with Gasteiger partial charge in [-0.05, 0) is 30.3 Å². The first-order chi connectivity index (χ1) is 10.3. The summed E-state index contributed by atoms with van der Waals surface area (Å²) in [4.78, 5) is 0. The van der Waals surface area contributed by atoms with Crippen LogP contribution in [-0.4, -0.2) is 0 Å². The smallest absolute Gasteiger partial charge is 0.134 e. The third kappa shape index (κ3) is 2.56. The summed E-state index contributed by atoms with van der Waals surface area (Å²) in [6, 6.07) is 18.9. The van der Waals surface area contributed by atoms with Gasteiger partial charge < -0.3 is 9.73 Å². The van der Waals surface area contributed by atoms with E-state index in [1.807, 2.05) is 42.5 Å². The van der Waals surface area contributed by atoms with Crippen molar-refractivity contribution in [3.05, 3.63) is 65.4 Å². The van der Waals surface area contributed by atoms with Crippen LogP contribution in [0.3, 0.4) is 0 Å². The molecule has 1 N–H and O–H groups in total. The van der Waals surface area contributed by atoms with E-state index in [1.165, 1.54) is 0 Å². The van der Waals surface area contributed by atoms with E-state index in [-0.39, 0.29) is 0 Å². The largest absolute Gasteiger partial charge is 0.459 e. The first-order valence-corrected chi connectivity index (χ1v) is 6.46. The Morgan fingerprint density at radius 1 is 0.952 bits per heavy atom. The van der Waals surface area contributed by atoms with E-state index < -0.39 is 0 Å². The molecule has 0 radical (unpaired) electrons. The fourth-order valence-electron chi connectivity index (χ4n) is 2.16. The van der Waals surface area contributed by atoms with Crippen molar-refractivity contribution >= 4 is 16.7 Å². The number of nitriles is 2. The number of hydrogen-bond donors (Lipinski definition) is 1. The Morgan fingerprint density at radius 3 is 2.52 bits per heavy atom. The SMILES string of the molecule is N#Cc1ccc(NCc2cc3ccccc3o2)cc1C#N. The highest BCUT2D eigenvalue weighted by Crippen LogP contribution is 2.20. The molecule has 0 amide bonds. The monoisotopic (exact) mass is 273 g/mol. The maximum atomic E-state index is 9.01. The average molecular weight is 273 g/mol. The van der Waals surface area contributed by atoms with Gasteiger partial charge in [-0.3, -0.25) is 0 Å². The van der Waals surface area contributed by atoms with E-state index in [2.05, 4.69) is 5.32 Å². The second-order valence-corrected chi connectivity index (χ2v) is 4.59. The molecule has 100 valence electrons. The normalized spacial score (nSPS) is 10.0. The van der Waals surface area contributed by atoms with E-state index in [0.29, 0.717) is 17.7 Å². The van der Waals surface area contributed by atoms with E-state index in [1.54, 1.807) is 18.2 Å². The number of rotatable bonds is 3. The average Bonchev–Trinajstić information content (AvgIpc) is 2.95. The zero-order chi connectivity index (χ0) is 14.7. The second-order valence-electron chi connectivity index (χ2n) is 4.59. The molecular weight excluding hydrogens is 262 g/mol. The van der Waals surface area contributed by atoms with Crippen molar-refractivity contribution in [2.24, 2.45) is 0 Å². The van der Waals surface area contributed by atoms with Crippen molar-refractivity contribution in [3.8, 4) is 12.1 Å². The molecule has 2 aromatic carbocycles. The summed E-state index contributed by atoms with van der Waals surface area (Å²) in [6.45, 7) is 0.519. The summed E-state index contributed by atoms with van der Waals surface area (Å²) in [5.41, 5.74) is 2.39. The van der Waals surface area contributed by atoms with Crippen molar-refractivity contribution < 1.29 is 4.42 Å². The standard InChI is InChI=1S/C17H11N3O/c18-9-13-5-6-15(7-14(13)10-19)20-11-16-8-12-3-1-2-4-17(12)21-16/h1-8,20H,11H2. The molecule has 1 aromatic heterocycles. The van der Waals surface area contributed by atoms with Gasteiger partial charge in [-0.15, -0.1) is 0 Å². The Kier molecular flexibility index (Phi) is 3.29. The van der Waals surface area contributed by atoms with Crippen LogP contribution in [0.4, 0.5) is 5.69 Å². The first kappa shape index (κ1) is 12.8. The van der Waals surface area contributed by atoms with E-state index in [9.17, 15) is 0 Å². The first-order valence-electron chi connectivity index (χ1n) is 6.46. The summed E-state index contributed by atoms with van der Waals surface area (Å²) < 4.78 is 5.71. The van der Waals surface area contributed by atoms with Crippen molar-refractivity contribution in [1.82, 2.24) is 0 Å². The topological polar surface area (TPSA) is 72.8 Å². The van der Waals surface area contributed by atoms with Crippen LogP contribution in [0.15, 0.2) is 52.9 Å². The van der Waals surface area contributed by atoms with E-state index >= 15 is 0 Å². The Morgan fingerprint density at radius 2 is 1.76 bits per heavy atom. The van der Waals surface area contributed by atoms with Gasteiger partial charge in [0.15, 0.2) is 0 Å². The Bertz CT molecular complexity index is 848. The highest BCUT2D eigenvalue weighted by atomic mass is 16.3. The van der Waals surface area contributed by atoms with Crippen molar-refractivity contribution in [2.75, 3.05) is 5.32 Å². The number of nitrogens with one attached hydrogen (secondary N) is 1. The summed E-state index contributed by atoms with van der Waals surface area (Å²) >= 11 is 0. The third-order valence-electron chi connectivity index (χ3n) is 3.20. The minimum atomic E-state index is 0.368. The number of para-hydroxylation sites is 1. The van der Waals surface area contributed by atoms with Crippen LogP contribution in [0, 0.1) is 22.7 Å². The zero-order valence-corrected chi connectivity index (χ0v) is 11.1. The molecule has 0 fully saturated rings. The molecule has 0 unspecified atom stereocenters. The molecule has 4 heteroatoms. The molecule has 0 atom stereocenters. The lowest BCUT2D eigenvalue weighted by Crippen LogP contribution is -1.99. The van der Waals surface area contributed by atoms with Gasteiger partial charge in [-0.1, -0.05) is 18.2 Å². The minimum absolute atomic E-state index is 0.368. The van der Waals surface area contributed by atoms with Gasteiger partial charge in [0, 0.05) is 11.1 Å². The summed E-state index contributed by atoms with van der Waals surface area (Å²) in [7, 11) is 0. The van der Waals surface area contributed by atoms with Gasteiger partial charge in [0.25, 0.3) is 0 Å². The lowest BCUT2D eigenvalue weighted by atomic mass is 10.1. The van der Waals surface area contributed by atoms with Crippen LogP contribution >= 0.6 is 0 Å². The van der Waals surface area contributed by atoms with Crippen LogP contribution in [0.25, 0.3) is 11.0 Å². The maximum Gasteiger partial charge on any atom is 0.134 e. The molecule has 0 bridgehead atoms. The summed E-state index contributed by atoms with van der Waals surface area (Å²) in [5, 5.41) is 22.2. The Hall–Kier alpha value is -3.24. The van der Waals surface area contributed by atoms with Gasteiger partial charge in [-0.2, -0.15) is 10.5 Å². The van der Waals surface area contributed by atoms with Crippen molar-refractivity contribution in [2.45, 2.75) is 6.54 Å². The molecule has 4 nitrogen and oxygen atoms in total. The molecule has 0 aliphatic heterocycles. The second kappa shape index (κ2) is 5.40. The van der Waals surface area contributed by atoms with Gasteiger partial charge in [0.2, 0.25) is 0 Å². The highest BCUT2D eigenvalue weighted by molar-refractivity contribution is 5.77. The van der Waals surface area contributed by atoms with Gasteiger partial charge in [0.1, 0.15) is 23.5 Å². The third-order valence-corrected chi connectivity index (χ3v) is 3.20. The van der Waals surface area contributed by atoms with Gasteiger partial charge >= 0.3 is 0 Å². The molecule has 0 spiro atoms. The van der Waals surface area contributed by atoms with Crippen molar-refractivity contribution in [3.63, 3.8) is 0 Å². The number of fused-ring (bicyclic) bond motifs is 1. The molecule has 0 saturated carbocycles. The van der Waals surface area contributed by atoms with Crippen molar-refractivity contribution in [1.29, 1.82) is 10.5 Å². The van der Waals surface area contributed by atoms with E-state index in [4.69, 9.17) is 14.9 Å².